The number of rotatable bonds is 7. The Balaban J connectivity index is 2.07. The van der Waals surface area contributed by atoms with E-state index in [1.165, 1.54) is 17.8 Å². The molecule has 2 rings (SSSR count). The highest BCUT2D eigenvalue weighted by atomic mass is 16.5. The first-order valence-electron chi connectivity index (χ1n) is 7.99. The van der Waals surface area contributed by atoms with Gasteiger partial charge in [0, 0.05) is 32.5 Å². The molecule has 1 aliphatic rings. The van der Waals surface area contributed by atoms with Crippen LogP contribution in [0.5, 0.6) is 0 Å². The van der Waals surface area contributed by atoms with Crippen LogP contribution in [0.3, 0.4) is 0 Å². The number of aromatic nitrogens is 2. The minimum Gasteiger partial charge on any atom is -0.381 e. The summed E-state index contributed by atoms with van der Waals surface area (Å²) in [4.78, 5) is 0. The summed E-state index contributed by atoms with van der Waals surface area (Å²) in [7, 11) is 2.07. The summed E-state index contributed by atoms with van der Waals surface area (Å²) >= 11 is 0. The van der Waals surface area contributed by atoms with E-state index in [-0.39, 0.29) is 0 Å². The van der Waals surface area contributed by atoms with E-state index in [2.05, 4.69) is 42.1 Å². The van der Waals surface area contributed by atoms with Crippen LogP contribution in [0.4, 0.5) is 0 Å². The number of hydrogen-bond donors (Lipinski definition) is 1. The maximum atomic E-state index is 5.58. The van der Waals surface area contributed by atoms with Gasteiger partial charge < -0.3 is 10.1 Å². The van der Waals surface area contributed by atoms with Gasteiger partial charge in [0.05, 0.1) is 5.69 Å². The molecule has 1 aromatic rings. The van der Waals surface area contributed by atoms with Crippen molar-refractivity contribution < 1.29 is 4.74 Å². The van der Waals surface area contributed by atoms with Crippen molar-refractivity contribution in [1.29, 1.82) is 0 Å². The van der Waals surface area contributed by atoms with Crippen molar-refractivity contribution >= 4 is 0 Å². The van der Waals surface area contributed by atoms with Crippen molar-refractivity contribution in [1.82, 2.24) is 15.1 Å². The normalized spacial score (nSPS) is 18.4. The van der Waals surface area contributed by atoms with Crippen LogP contribution < -0.4 is 5.32 Å². The Labute approximate surface area is 122 Å². The molecule has 1 N–H and O–H groups in total. The van der Waals surface area contributed by atoms with Gasteiger partial charge in [-0.3, -0.25) is 4.68 Å². The standard InChI is InChI=1S/C16H29N3O/c1-4-8-17-13-16(6-9-20-10-7-16)12-15-11-14(5-2)18-19(15)3/h11,17H,4-10,12-13H2,1-3H3. The maximum Gasteiger partial charge on any atom is 0.0624 e. The minimum absolute atomic E-state index is 0.340. The minimum atomic E-state index is 0.340. The lowest BCUT2D eigenvalue weighted by Gasteiger charge is -2.37. The summed E-state index contributed by atoms with van der Waals surface area (Å²) in [5.74, 6) is 0. The summed E-state index contributed by atoms with van der Waals surface area (Å²) < 4.78 is 7.64. The van der Waals surface area contributed by atoms with E-state index in [0.29, 0.717) is 5.41 Å². The topological polar surface area (TPSA) is 39.1 Å². The molecule has 4 heteroatoms. The van der Waals surface area contributed by atoms with Gasteiger partial charge in [-0.15, -0.1) is 0 Å². The van der Waals surface area contributed by atoms with Gasteiger partial charge in [-0.1, -0.05) is 13.8 Å². The third-order valence-corrected chi connectivity index (χ3v) is 4.43. The molecule has 0 spiro atoms. The number of ether oxygens (including phenoxy) is 1. The first-order valence-corrected chi connectivity index (χ1v) is 7.99. The molecular weight excluding hydrogens is 250 g/mol. The van der Waals surface area contributed by atoms with E-state index in [4.69, 9.17) is 4.74 Å². The molecule has 20 heavy (non-hydrogen) atoms. The fraction of sp³-hybridized carbons (Fsp3) is 0.812. The van der Waals surface area contributed by atoms with E-state index < -0.39 is 0 Å². The lowest BCUT2D eigenvalue weighted by molar-refractivity contribution is 0.0142. The molecular formula is C16H29N3O. The van der Waals surface area contributed by atoms with Crippen LogP contribution in [-0.2, 0) is 24.6 Å². The van der Waals surface area contributed by atoms with E-state index in [0.717, 1.165) is 52.0 Å². The first-order chi connectivity index (χ1) is 9.69. The lowest BCUT2D eigenvalue weighted by Crippen LogP contribution is -2.41. The van der Waals surface area contributed by atoms with Crippen molar-refractivity contribution in [2.45, 2.75) is 46.0 Å². The van der Waals surface area contributed by atoms with Crippen LogP contribution in [0.25, 0.3) is 0 Å². The van der Waals surface area contributed by atoms with E-state index in [9.17, 15) is 0 Å². The van der Waals surface area contributed by atoms with E-state index in [1.807, 2.05) is 0 Å². The third kappa shape index (κ3) is 3.83. The predicted octanol–water partition coefficient (Wildman–Crippen LogP) is 2.32. The monoisotopic (exact) mass is 279 g/mol. The number of hydrogen-bond acceptors (Lipinski definition) is 3. The van der Waals surface area contributed by atoms with Crippen molar-refractivity contribution in [3.05, 3.63) is 17.5 Å². The van der Waals surface area contributed by atoms with Gasteiger partial charge in [0.1, 0.15) is 0 Å². The molecule has 0 aliphatic carbocycles. The zero-order chi connectivity index (χ0) is 14.4. The van der Waals surface area contributed by atoms with Gasteiger partial charge in [0.2, 0.25) is 0 Å². The summed E-state index contributed by atoms with van der Waals surface area (Å²) in [5, 5.41) is 8.21. The van der Waals surface area contributed by atoms with Crippen LogP contribution in [-0.4, -0.2) is 36.1 Å². The average Bonchev–Trinajstić information content (AvgIpc) is 2.80. The summed E-state index contributed by atoms with van der Waals surface area (Å²) in [5.41, 5.74) is 2.90. The van der Waals surface area contributed by atoms with Crippen molar-refractivity contribution in [2.24, 2.45) is 12.5 Å². The second kappa shape index (κ2) is 7.23. The average molecular weight is 279 g/mol. The lowest BCUT2D eigenvalue weighted by atomic mass is 9.76. The molecule has 1 saturated heterocycles. The molecule has 0 unspecified atom stereocenters. The Kier molecular flexibility index (Phi) is 5.61. The largest absolute Gasteiger partial charge is 0.381 e. The van der Waals surface area contributed by atoms with Crippen LogP contribution in [0.15, 0.2) is 6.07 Å². The highest BCUT2D eigenvalue weighted by Gasteiger charge is 2.33. The van der Waals surface area contributed by atoms with Gasteiger partial charge in [-0.2, -0.15) is 5.10 Å². The third-order valence-electron chi connectivity index (χ3n) is 4.43. The Morgan fingerprint density at radius 1 is 1.35 bits per heavy atom. The second-order valence-corrected chi connectivity index (χ2v) is 6.07. The molecule has 0 atom stereocenters. The number of nitrogens with one attached hydrogen (secondary N) is 1. The van der Waals surface area contributed by atoms with Gasteiger partial charge in [0.15, 0.2) is 0 Å². The molecule has 1 fully saturated rings. The molecule has 0 radical (unpaired) electrons. The van der Waals surface area contributed by atoms with Crippen molar-refractivity contribution in [2.75, 3.05) is 26.3 Å². The Morgan fingerprint density at radius 3 is 2.70 bits per heavy atom. The highest BCUT2D eigenvalue weighted by molar-refractivity contribution is 5.13. The van der Waals surface area contributed by atoms with Gasteiger partial charge in [-0.25, -0.2) is 0 Å². The molecule has 4 nitrogen and oxygen atoms in total. The van der Waals surface area contributed by atoms with Crippen LogP contribution in [0.2, 0.25) is 0 Å². The summed E-state index contributed by atoms with van der Waals surface area (Å²) in [6, 6.07) is 2.27. The van der Waals surface area contributed by atoms with Gasteiger partial charge in [0.25, 0.3) is 0 Å². The summed E-state index contributed by atoms with van der Waals surface area (Å²) in [6.45, 7) is 8.38. The Hall–Kier alpha value is -0.870. The quantitative estimate of drug-likeness (QED) is 0.779. The molecule has 0 bridgehead atoms. The molecule has 0 amide bonds. The van der Waals surface area contributed by atoms with Crippen LogP contribution in [0, 0.1) is 5.41 Å². The molecule has 0 saturated carbocycles. The smallest absolute Gasteiger partial charge is 0.0624 e. The summed E-state index contributed by atoms with van der Waals surface area (Å²) in [6.07, 6.45) is 5.61. The number of nitrogens with zero attached hydrogens (tertiary/aromatic N) is 2. The SMILES string of the molecule is CCCNCC1(Cc2cc(CC)nn2C)CCOCC1. The number of aryl methyl sites for hydroxylation is 2. The zero-order valence-electron chi connectivity index (χ0n) is 13.2. The molecule has 1 aromatic heterocycles. The Bertz CT molecular complexity index is 408. The molecule has 0 aromatic carbocycles. The Morgan fingerprint density at radius 2 is 2.10 bits per heavy atom. The zero-order valence-corrected chi connectivity index (χ0v) is 13.2. The first kappa shape index (κ1) is 15.5. The predicted molar refractivity (Wildman–Crippen MR) is 81.9 cm³/mol. The molecule has 114 valence electrons. The molecule has 2 heterocycles. The van der Waals surface area contributed by atoms with Crippen LogP contribution in [0.1, 0.15) is 44.5 Å². The second-order valence-electron chi connectivity index (χ2n) is 6.07. The fourth-order valence-electron chi connectivity index (χ4n) is 3.04. The maximum absolute atomic E-state index is 5.58. The van der Waals surface area contributed by atoms with E-state index in [1.54, 1.807) is 0 Å². The van der Waals surface area contributed by atoms with Crippen LogP contribution >= 0.6 is 0 Å². The van der Waals surface area contributed by atoms with Crippen molar-refractivity contribution in [3.8, 4) is 0 Å². The van der Waals surface area contributed by atoms with Gasteiger partial charge >= 0.3 is 0 Å². The van der Waals surface area contributed by atoms with E-state index >= 15 is 0 Å². The van der Waals surface area contributed by atoms with Crippen molar-refractivity contribution in [3.63, 3.8) is 0 Å². The fourth-order valence-corrected chi connectivity index (χ4v) is 3.04. The molecule has 1 aliphatic heterocycles. The van der Waals surface area contributed by atoms with Gasteiger partial charge in [-0.05, 0) is 50.1 Å². The highest BCUT2D eigenvalue weighted by Crippen LogP contribution is 2.34.